The van der Waals surface area contributed by atoms with Crippen LogP contribution in [-0.4, -0.2) is 60.9 Å². The van der Waals surface area contributed by atoms with Crippen LogP contribution in [0.3, 0.4) is 0 Å². The summed E-state index contributed by atoms with van der Waals surface area (Å²) in [6.45, 7) is 6.75. The Morgan fingerprint density at radius 1 is 1.41 bits per heavy atom. The highest BCUT2D eigenvalue weighted by atomic mass is 16.6. The van der Waals surface area contributed by atoms with E-state index in [4.69, 9.17) is 20.3 Å². The highest BCUT2D eigenvalue weighted by Gasteiger charge is 2.37. The number of amides is 2. The van der Waals surface area contributed by atoms with Gasteiger partial charge >= 0.3 is 6.09 Å². The molecule has 3 rings (SSSR count). The van der Waals surface area contributed by atoms with Crippen molar-refractivity contribution in [2.75, 3.05) is 36.1 Å². The zero-order valence-electron chi connectivity index (χ0n) is 15.6. The van der Waals surface area contributed by atoms with Crippen molar-refractivity contribution in [2.24, 2.45) is 10.7 Å². The summed E-state index contributed by atoms with van der Waals surface area (Å²) in [6, 6.07) is 5.34. The Morgan fingerprint density at radius 3 is 2.74 bits per heavy atom. The molecule has 1 aromatic carbocycles. The van der Waals surface area contributed by atoms with Crippen LogP contribution in [0.1, 0.15) is 20.8 Å². The van der Waals surface area contributed by atoms with Gasteiger partial charge in [-0.3, -0.25) is 14.7 Å². The number of cyclic esters (lactones) is 1. The fourth-order valence-electron chi connectivity index (χ4n) is 3.18. The van der Waals surface area contributed by atoms with Crippen molar-refractivity contribution in [3.8, 4) is 5.75 Å². The van der Waals surface area contributed by atoms with Crippen LogP contribution in [0.4, 0.5) is 16.2 Å². The lowest BCUT2D eigenvalue weighted by Crippen LogP contribution is -2.50. The normalized spacial score (nSPS) is 21.1. The molecule has 27 heavy (non-hydrogen) atoms. The first-order valence-corrected chi connectivity index (χ1v) is 8.71. The Labute approximate surface area is 157 Å². The van der Waals surface area contributed by atoms with Crippen molar-refractivity contribution in [3.05, 3.63) is 18.2 Å². The molecule has 0 spiro atoms. The van der Waals surface area contributed by atoms with E-state index in [0.29, 0.717) is 18.0 Å². The van der Waals surface area contributed by atoms with Gasteiger partial charge in [0.05, 0.1) is 31.1 Å². The largest absolute Gasteiger partial charge is 0.483 e. The third-order valence-electron chi connectivity index (χ3n) is 4.31. The standard InChI is InChI=1S/C18H24N4O5/c1-18(2,3)22-12-5-4-11(21-9-14(16(19)24)27-17(21)25)8-13(12)26-10-15(22)20-6-7-23/h4-5,8,14,23H,6-7,9-10H2,1-3H3,(H2,19,24)/b20-15+/t14-/m1/s1. The lowest BCUT2D eigenvalue weighted by Gasteiger charge is -2.42. The molecule has 3 N–H and O–H groups in total. The first kappa shape index (κ1) is 19.0. The summed E-state index contributed by atoms with van der Waals surface area (Å²) in [5.74, 6) is 0.649. The summed E-state index contributed by atoms with van der Waals surface area (Å²) in [5.41, 5.74) is 6.34. The Hall–Kier alpha value is -2.81. The van der Waals surface area contributed by atoms with Crippen molar-refractivity contribution in [1.82, 2.24) is 0 Å². The molecule has 0 radical (unpaired) electrons. The summed E-state index contributed by atoms with van der Waals surface area (Å²) in [4.78, 5) is 31.2. The zero-order valence-corrected chi connectivity index (χ0v) is 15.6. The third-order valence-corrected chi connectivity index (χ3v) is 4.31. The fourth-order valence-corrected chi connectivity index (χ4v) is 3.18. The van der Waals surface area contributed by atoms with E-state index in [1.807, 2.05) is 6.07 Å². The first-order chi connectivity index (χ1) is 12.7. The van der Waals surface area contributed by atoms with Crippen molar-refractivity contribution in [2.45, 2.75) is 32.4 Å². The Bertz CT molecular complexity index is 786. The van der Waals surface area contributed by atoms with E-state index in [1.54, 1.807) is 12.1 Å². The molecular formula is C18H24N4O5. The number of rotatable bonds is 4. The first-order valence-electron chi connectivity index (χ1n) is 8.71. The summed E-state index contributed by atoms with van der Waals surface area (Å²) in [5, 5.41) is 9.08. The number of aliphatic imine (C=N–C) groups is 1. The third kappa shape index (κ3) is 3.68. The molecule has 1 saturated heterocycles. The van der Waals surface area contributed by atoms with Gasteiger partial charge in [0.25, 0.3) is 5.91 Å². The maximum absolute atomic E-state index is 12.1. The molecule has 0 unspecified atom stereocenters. The number of carbonyl (C=O) groups excluding carboxylic acids is 2. The number of aliphatic hydroxyl groups is 1. The van der Waals surface area contributed by atoms with Gasteiger partial charge < -0.3 is 25.2 Å². The molecule has 146 valence electrons. The topological polar surface area (TPSA) is 118 Å². The van der Waals surface area contributed by atoms with E-state index in [1.165, 1.54) is 4.90 Å². The SMILES string of the molecule is CC(C)(C)N1/C(=N/CCO)COc2cc(N3C[C@H](C(N)=O)OC3=O)ccc21. The number of ether oxygens (including phenoxy) is 2. The van der Waals surface area contributed by atoms with Gasteiger partial charge in [-0.25, -0.2) is 4.79 Å². The Kier molecular flexibility index (Phi) is 4.97. The zero-order chi connectivity index (χ0) is 19.8. The number of carbonyl (C=O) groups is 2. The van der Waals surface area contributed by atoms with Crippen LogP contribution < -0.4 is 20.3 Å². The molecule has 1 aromatic rings. The average molecular weight is 376 g/mol. The second-order valence-corrected chi connectivity index (χ2v) is 7.35. The van der Waals surface area contributed by atoms with Crippen LogP contribution in [0, 0.1) is 0 Å². The van der Waals surface area contributed by atoms with Gasteiger partial charge in [-0.05, 0) is 32.9 Å². The summed E-state index contributed by atoms with van der Waals surface area (Å²) in [7, 11) is 0. The molecule has 2 aliphatic rings. The van der Waals surface area contributed by atoms with Gasteiger partial charge in [0.1, 0.15) is 18.2 Å². The lowest BCUT2D eigenvalue weighted by atomic mass is 10.0. The van der Waals surface area contributed by atoms with Crippen LogP contribution in [0.25, 0.3) is 0 Å². The minimum atomic E-state index is -0.960. The maximum atomic E-state index is 12.1. The van der Waals surface area contributed by atoms with Crippen LogP contribution in [-0.2, 0) is 9.53 Å². The molecule has 2 amide bonds. The van der Waals surface area contributed by atoms with Gasteiger partial charge in [0.15, 0.2) is 6.10 Å². The molecule has 1 atom stereocenters. The smallest absolute Gasteiger partial charge is 0.415 e. The van der Waals surface area contributed by atoms with Crippen LogP contribution in [0.2, 0.25) is 0 Å². The second kappa shape index (κ2) is 7.07. The van der Waals surface area contributed by atoms with Crippen LogP contribution >= 0.6 is 0 Å². The number of amidine groups is 1. The molecule has 0 bridgehead atoms. The maximum Gasteiger partial charge on any atom is 0.415 e. The molecule has 9 nitrogen and oxygen atoms in total. The predicted molar refractivity (Wildman–Crippen MR) is 100 cm³/mol. The summed E-state index contributed by atoms with van der Waals surface area (Å²) >= 11 is 0. The van der Waals surface area contributed by atoms with E-state index in [-0.39, 0.29) is 25.3 Å². The second-order valence-electron chi connectivity index (χ2n) is 7.35. The van der Waals surface area contributed by atoms with Gasteiger partial charge in [0, 0.05) is 11.6 Å². The van der Waals surface area contributed by atoms with Crippen LogP contribution in [0.5, 0.6) is 5.75 Å². The van der Waals surface area contributed by atoms with Crippen molar-refractivity contribution in [3.63, 3.8) is 0 Å². The van der Waals surface area contributed by atoms with E-state index >= 15 is 0 Å². The molecule has 2 aliphatic heterocycles. The molecule has 0 saturated carbocycles. The van der Waals surface area contributed by atoms with E-state index in [0.717, 1.165) is 11.5 Å². The van der Waals surface area contributed by atoms with Gasteiger partial charge in [-0.1, -0.05) is 0 Å². The average Bonchev–Trinajstić information content (AvgIpc) is 3.00. The van der Waals surface area contributed by atoms with Gasteiger partial charge in [-0.15, -0.1) is 0 Å². The number of nitrogens with two attached hydrogens (primary N) is 1. The van der Waals surface area contributed by atoms with Gasteiger partial charge in [-0.2, -0.15) is 0 Å². The Balaban J connectivity index is 1.94. The summed E-state index contributed by atoms with van der Waals surface area (Å²) in [6.07, 6.45) is -1.58. The number of benzene rings is 1. The molecule has 2 heterocycles. The van der Waals surface area contributed by atoms with Crippen molar-refractivity contribution in [1.29, 1.82) is 0 Å². The monoisotopic (exact) mass is 376 g/mol. The minimum absolute atomic E-state index is 0.0363. The highest BCUT2D eigenvalue weighted by Crippen LogP contribution is 2.40. The number of hydrogen-bond acceptors (Lipinski definition) is 6. The van der Waals surface area contributed by atoms with E-state index < -0.39 is 18.1 Å². The predicted octanol–water partition coefficient (Wildman–Crippen LogP) is 0.885. The number of nitrogens with zero attached hydrogens (tertiary/aromatic N) is 3. The highest BCUT2D eigenvalue weighted by molar-refractivity contribution is 6.03. The molecule has 9 heteroatoms. The van der Waals surface area contributed by atoms with Gasteiger partial charge in [0.2, 0.25) is 0 Å². The minimum Gasteiger partial charge on any atom is -0.483 e. The number of primary amides is 1. The molecule has 0 aromatic heterocycles. The molecular weight excluding hydrogens is 352 g/mol. The number of hydrogen-bond donors (Lipinski definition) is 2. The van der Waals surface area contributed by atoms with Crippen molar-refractivity contribution >= 4 is 29.2 Å². The molecule has 1 fully saturated rings. The number of anilines is 2. The van der Waals surface area contributed by atoms with E-state index in [2.05, 4.69) is 30.7 Å². The van der Waals surface area contributed by atoms with Crippen LogP contribution in [0.15, 0.2) is 23.2 Å². The Morgan fingerprint density at radius 2 is 2.15 bits per heavy atom. The molecule has 0 aliphatic carbocycles. The lowest BCUT2D eigenvalue weighted by molar-refractivity contribution is -0.124. The quantitative estimate of drug-likeness (QED) is 0.806. The number of aliphatic hydroxyl groups excluding tert-OH is 1. The number of fused-ring (bicyclic) bond motifs is 1. The van der Waals surface area contributed by atoms with E-state index in [9.17, 15) is 9.59 Å². The van der Waals surface area contributed by atoms with Crippen molar-refractivity contribution < 1.29 is 24.2 Å². The fraction of sp³-hybridized carbons (Fsp3) is 0.500. The summed E-state index contributed by atoms with van der Waals surface area (Å²) < 4.78 is 10.8.